The van der Waals surface area contributed by atoms with E-state index in [1.54, 1.807) is 0 Å². The molecule has 1 aliphatic rings. The fourth-order valence-electron chi connectivity index (χ4n) is 3.69. The monoisotopic (exact) mass is 321 g/mol. The lowest BCUT2D eigenvalue weighted by atomic mass is 9.82. The first-order valence-electron chi connectivity index (χ1n) is 8.54. The summed E-state index contributed by atoms with van der Waals surface area (Å²) in [6, 6.07) is 0.341. The molecule has 1 amide bonds. The van der Waals surface area contributed by atoms with Gasteiger partial charge in [-0.3, -0.25) is 4.79 Å². The van der Waals surface area contributed by atoms with Gasteiger partial charge in [0.25, 0.3) is 5.91 Å². The van der Waals surface area contributed by atoms with Crippen LogP contribution < -0.4 is 10.6 Å². The second kappa shape index (κ2) is 6.59. The minimum absolute atomic E-state index is 0.128. The lowest BCUT2D eigenvalue weighted by Crippen LogP contribution is -2.46. The van der Waals surface area contributed by atoms with Crippen molar-refractivity contribution in [3.05, 3.63) is 11.4 Å². The Morgan fingerprint density at radius 1 is 1.26 bits per heavy atom. The van der Waals surface area contributed by atoms with Crippen molar-refractivity contribution < 1.29 is 4.79 Å². The van der Waals surface area contributed by atoms with Gasteiger partial charge in [0.15, 0.2) is 5.69 Å². The molecule has 1 fully saturated rings. The van der Waals surface area contributed by atoms with Crippen molar-refractivity contribution in [2.24, 2.45) is 5.41 Å². The topological polar surface area (TPSA) is 71.8 Å². The van der Waals surface area contributed by atoms with E-state index in [9.17, 15) is 4.79 Å². The third-order valence-electron chi connectivity index (χ3n) is 4.22. The quantitative estimate of drug-likeness (QED) is 0.893. The molecule has 23 heavy (non-hydrogen) atoms. The third-order valence-corrected chi connectivity index (χ3v) is 4.22. The highest BCUT2D eigenvalue weighted by molar-refractivity contribution is 5.93. The van der Waals surface area contributed by atoms with Gasteiger partial charge in [-0.2, -0.15) is 0 Å². The van der Waals surface area contributed by atoms with Gasteiger partial charge in [0.05, 0.1) is 11.7 Å². The number of rotatable bonds is 4. The molecule has 1 saturated heterocycles. The van der Waals surface area contributed by atoms with E-state index in [1.165, 1.54) is 0 Å². The lowest BCUT2D eigenvalue weighted by Gasteiger charge is -2.33. The van der Waals surface area contributed by atoms with Gasteiger partial charge in [-0.25, -0.2) is 4.68 Å². The second-order valence-electron chi connectivity index (χ2n) is 8.52. The molecule has 2 N–H and O–H groups in total. The Bertz CT molecular complexity index is 550. The predicted octanol–water partition coefficient (Wildman–Crippen LogP) is 2.46. The SMILES string of the molecule is Cc1c(C(=O)NC(C)(C)CC(C)(C)C)nnn1C1CCNCC1. The summed E-state index contributed by atoms with van der Waals surface area (Å²) in [5, 5.41) is 14.9. The van der Waals surface area contributed by atoms with Crippen LogP contribution in [-0.4, -0.2) is 39.5 Å². The van der Waals surface area contributed by atoms with Crippen molar-refractivity contribution in [3.63, 3.8) is 0 Å². The number of carbonyl (C=O) groups is 1. The molecule has 0 unspecified atom stereocenters. The zero-order chi connectivity index (χ0) is 17.3. The van der Waals surface area contributed by atoms with E-state index in [0.717, 1.165) is 38.0 Å². The first-order valence-corrected chi connectivity index (χ1v) is 8.54. The van der Waals surface area contributed by atoms with Crippen molar-refractivity contribution in [1.29, 1.82) is 0 Å². The Hall–Kier alpha value is -1.43. The average Bonchev–Trinajstić information content (AvgIpc) is 2.78. The van der Waals surface area contributed by atoms with Gasteiger partial charge in [-0.15, -0.1) is 5.10 Å². The summed E-state index contributed by atoms with van der Waals surface area (Å²) < 4.78 is 1.92. The van der Waals surface area contributed by atoms with E-state index >= 15 is 0 Å². The largest absolute Gasteiger partial charge is 0.346 e. The summed E-state index contributed by atoms with van der Waals surface area (Å²) in [4.78, 5) is 12.6. The maximum absolute atomic E-state index is 12.6. The molecule has 2 rings (SSSR count). The van der Waals surface area contributed by atoms with E-state index < -0.39 is 0 Å². The van der Waals surface area contributed by atoms with Crippen LogP contribution in [0.25, 0.3) is 0 Å². The van der Waals surface area contributed by atoms with Crippen molar-refractivity contribution in [3.8, 4) is 0 Å². The number of nitrogens with zero attached hydrogens (tertiary/aromatic N) is 3. The van der Waals surface area contributed by atoms with Crippen LogP contribution in [0.15, 0.2) is 0 Å². The molecule has 1 aliphatic heterocycles. The molecule has 0 radical (unpaired) electrons. The maximum atomic E-state index is 12.6. The molecule has 2 heterocycles. The maximum Gasteiger partial charge on any atom is 0.274 e. The number of nitrogens with one attached hydrogen (secondary N) is 2. The molecular weight excluding hydrogens is 290 g/mol. The van der Waals surface area contributed by atoms with Crippen molar-refractivity contribution in [2.75, 3.05) is 13.1 Å². The van der Waals surface area contributed by atoms with Crippen LogP contribution in [0.4, 0.5) is 0 Å². The standard InChI is InChI=1S/C17H31N5O/c1-12-14(15(23)19-17(5,6)11-16(2,3)4)20-21-22(12)13-7-9-18-10-8-13/h13,18H,7-11H2,1-6H3,(H,19,23). The van der Waals surface area contributed by atoms with Crippen LogP contribution in [0, 0.1) is 12.3 Å². The summed E-state index contributed by atoms with van der Waals surface area (Å²) >= 11 is 0. The molecule has 6 nitrogen and oxygen atoms in total. The zero-order valence-corrected chi connectivity index (χ0v) is 15.4. The van der Waals surface area contributed by atoms with Gasteiger partial charge < -0.3 is 10.6 Å². The van der Waals surface area contributed by atoms with Crippen LogP contribution in [0.1, 0.15) is 76.1 Å². The summed E-state index contributed by atoms with van der Waals surface area (Å²) in [6.45, 7) is 14.6. The Kier molecular flexibility index (Phi) is 5.14. The molecule has 1 aromatic heterocycles. The number of hydrogen-bond donors (Lipinski definition) is 2. The fourth-order valence-corrected chi connectivity index (χ4v) is 3.69. The Balaban J connectivity index is 2.09. The van der Waals surface area contributed by atoms with Crippen molar-refractivity contribution >= 4 is 5.91 Å². The molecule has 0 spiro atoms. The first-order chi connectivity index (χ1) is 10.6. The summed E-state index contributed by atoms with van der Waals surface area (Å²) in [5.74, 6) is -0.128. The Morgan fingerprint density at radius 2 is 1.87 bits per heavy atom. The number of amides is 1. The van der Waals surface area contributed by atoms with E-state index in [2.05, 4.69) is 55.6 Å². The summed E-state index contributed by atoms with van der Waals surface area (Å²) in [5.41, 5.74) is 1.19. The van der Waals surface area contributed by atoms with Crippen LogP contribution >= 0.6 is 0 Å². The van der Waals surface area contributed by atoms with Crippen LogP contribution in [0.2, 0.25) is 0 Å². The van der Waals surface area contributed by atoms with Crippen molar-refractivity contribution in [2.45, 2.75) is 72.4 Å². The lowest BCUT2D eigenvalue weighted by molar-refractivity contribution is 0.0885. The predicted molar refractivity (Wildman–Crippen MR) is 91.5 cm³/mol. The highest BCUT2D eigenvalue weighted by Crippen LogP contribution is 2.27. The van der Waals surface area contributed by atoms with E-state index in [-0.39, 0.29) is 16.9 Å². The molecule has 0 aliphatic carbocycles. The van der Waals surface area contributed by atoms with Gasteiger partial charge in [0, 0.05) is 5.54 Å². The van der Waals surface area contributed by atoms with Crippen LogP contribution in [0.3, 0.4) is 0 Å². The van der Waals surface area contributed by atoms with Gasteiger partial charge in [0.2, 0.25) is 0 Å². The number of carbonyl (C=O) groups excluding carboxylic acids is 1. The van der Waals surface area contributed by atoms with Gasteiger partial charge >= 0.3 is 0 Å². The second-order valence-corrected chi connectivity index (χ2v) is 8.52. The first kappa shape index (κ1) is 17.9. The number of piperidine rings is 1. The van der Waals surface area contributed by atoms with Gasteiger partial charge in [-0.05, 0) is 58.5 Å². The zero-order valence-electron chi connectivity index (χ0n) is 15.4. The highest BCUT2D eigenvalue weighted by Gasteiger charge is 2.30. The third kappa shape index (κ3) is 4.77. The van der Waals surface area contributed by atoms with E-state index in [0.29, 0.717) is 11.7 Å². The van der Waals surface area contributed by atoms with Crippen molar-refractivity contribution in [1.82, 2.24) is 25.6 Å². The molecule has 130 valence electrons. The summed E-state index contributed by atoms with van der Waals surface area (Å²) in [6.07, 6.45) is 2.95. The molecule has 0 aromatic carbocycles. The molecule has 0 saturated carbocycles. The van der Waals surface area contributed by atoms with Gasteiger partial charge in [-0.1, -0.05) is 26.0 Å². The molecule has 0 atom stereocenters. The smallest absolute Gasteiger partial charge is 0.274 e. The molecule has 6 heteroatoms. The Morgan fingerprint density at radius 3 is 2.43 bits per heavy atom. The number of hydrogen-bond acceptors (Lipinski definition) is 4. The van der Waals surface area contributed by atoms with Crippen LogP contribution in [-0.2, 0) is 0 Å². The fraction of sp³-hybridized carbons (Fsp3) is 0.824. The van der Waals surface area contributed by atoms with E-state index in [4.69, 9.17) is 0 Å². The average molecular weight is 321 g/mol. The Labute approximate surface area is 139 Å². The molecule has 1 aromatic rings. The summed E-state index contributed by atoms with van der Waals surface area (Å²) in [7, 11) is 0. The minimum Gasteiger partial charge on any atom is -0.346 e. The minimum atomic E-state index is -0.277. The van der Waals surface area contributed by atoms with Gasteiger partial charge in [0.1, 0.15) is 0 Å². The molecular formula is C17H31N5O. The normalized spacial score (nSPS) is 17.3. The highest BCUT2D eigenvalue weighted by atomic mass is 16.2. The number of aromatic nitrogens is 3. The van der Waals surface area contributed by atoms with Crippen LogP contribution in [0.5, 0.6) is 0 Å². The molecule has 0 bridgehead atoms. The van der Waals surface area contributed by atoms with E-state index in [1.807, 2.05) is 11.6 Å².